The minimum atomic E-state index is 0.0987. The van der Waals surface area contributed by atoms with Crippen LogP contribution in [0.2, 0.25) is 0 Å². The van der Waals surface area contributed by atoms with E-state index in [1.165, 1.54) is 24.1 Å². The van der Waals surface area contributed by atoms with Gasteiger partial charge in [-0.3, -0.25) is 4.90 Å². The zero-order valence-corrected chi connectivity index (χ0v) is 11.1. The van der Waals surface area contributed by atoms with Gasteiger partial charge in [0, 0.05) is 29.5 Å². The molecule has 0 saturated heterocycles. The van der Waals surface area contributed by atoms with Crippen LogP contribution in [0.15, 0.2) is 17.5 Å². The van der Waals surface area contributed by atoms with E-state index in [1.807, 2.05) is 11.3 Å². The van der Waals surface area contributed by atoms with E-state index < -0.39 is 0 Å². The molecule has 2 N–H and O–H groups in total. The molecule has 2 nitrogen and oxygen atoms in total. The Morgan fingerprint density at radius 2 is 2.25 bits per heavy atom. The second-order valence-corrected chi connectivity index (χ2v) is 6.33. The summed E-state index contributed by atoms with van der Waals surface area (Å²) in [5, 5.41) is 2.15. The summed E-state index contributed by atoms with van der Waals surface area (Å²) in [6.45, 7) is 6.61. The van der Waals surface area contributed by atoms with Gasteiger partial charge in [-0.05, 0) is 44.6 Å². The first-order valence-electron chi connectivity index (χ1n) is 6.14. The van der Waals surface area contributed by atoms with Gasteiger partial charge in [0.05, 0.1) is 0 Å². The lowest BCUT2D eigenvalue weighted by Gasteiger charge is -2.43. The van der Waals surface area contributed by atoms with Crippen molar-refractivity contribution in [3.8, 4) is 0 Å². The van der Waals surface area contributed by atoms with Crippen molar-refractivity contribution in [2.24, 2.45) is 5.73 Å². The normalized spacial score (nSPS) is 19.1. The summed E-state index contributed by atoms with van der Waals surface area (Å²) in [4.78, 5) is 3.95. The third-order valence-corrected chi connectivity index (χ3v) is 4.40. The van der Waals surface area contributed by atoms with Crippen molar-refractivity contribution in [3.63, 3.8) is 0 Å². The molecule has 0 aromatic carbocycles. The topological polar surface area (TPSA) is 29.3 Å². The lowest BCUT2D eigenvalue weighted by molar-refractivity contribution is 0.115. The summed E-state index contributed by atoms with van der Waals surface area (Å²) in [6.07, 6.45) is 3.70. The van der Waals surface area contributed by atoms with E-state index in [0.29, 0.717) is 6.04 Å². The van der Waals surface area contributed by atoms with Gasteiger partial charge in [0.2, 0.25) is 0 Å². The SMILES string of the molecule is CC(C)N(Cc1cccs1)CC1(N)CCC1. The molecular weight excluding hydrogens is 216 g/mol. The van der Waals surface area contributed by atoms with Crippen LogP contribution in [0.4, 0.5) is 0 Å². The molecule has 0 aliphatic heterocycles. The molecule has 0 spiro atoms. The zero-order chi connectivity index (χ0) is 11.6. The van der Waals surface area contributed by atoms with Crippen LogP contribution in [0.1, 0.15) is 38.0 Å². The molecule has 1 aromatic rings. The summed E-state index contributed by atoms with van der Waals surface area (Å²) in [5.74, 6) is 0. The van der Waals surface area contributed by atoms with Crippen LogP contribution in [-0.2, 0) is 6.54 Å². The quantitative estimate of drug-likeness (QED) is 0.854. The molecule has 1 aromatic heterocycles. The minimum absolute atomic E-state index is 0.0987. The Morgan fingerprint density at radius 3 is 2.69 bits per heavy atom. The molecule has 0 atom stereocenters. The van der Waals surface area contributed by atoms with E-state index in [2.05, 4.69) is 36.3 Å². The van der Waals surface area contributed by atoms with Crippen molar-refractivity contribution in [1.29, 1.82) is 0 Å². The van der Waals surface area contributed by atoms with Gasteiger partial charge in [0.25, 0.3) is 0 Å². The van der Waals surface area contributed by atoms with Crippen LogP contribution in [0.25, 0.3) is 0 Å². The van der Waals surface area contributed by atoms with Gasteiger partial charge in [0.15, 0.2) is 0 Å². The first-order chi connectivity index (χ1) is 7.59. The van der Waals surface area contributed by atoms with Crippen LogP contribution >= 0.6 is 11.3 Å². The average molecular weight is 238 g/mol. The average Bonchev–Trinajstić information content (AvgIpc) is 2.66. The van der Waals surface area contributed by atoms with E-state index in [4.69, 9.17) is 5.73 Å². The number of rotatable bonds is 5. The first kappa shape index (κ1) is 12.1. The first-order valence-corrected chi connectivity index (χ1v) is 7.02. The molecule has 90 valence electrons. The summed E-state index contributed by atoms with van der Waals surface area (Å²) >= 11 is 1.84. The molecule has 2 rings (SSSR count). The Hall–Kier alpha value is -0.380. The van der Waals surface area contributed by atoms with E-state index >= 15 is 0 Å². The smallest absolute Gasteiger partial charge is 0.0331 e. The molecule has 0 unspecified atom stereocenters. The predicted octanol–water partition coefficient (Wildman–Crippen LogP) is 2.84. The van der Waals surface area contributed by atoms with E-state index in [-0.39, 0.29) is 5.54 Å². The molecule has 16 heavy (non-hydrogen) atoms. The predicted molar refractivity (Wildman–Crippen MR) is 70.6 cm³/mol. The Labute approximate surface area is 102 Å². The molecule has 1 aliphatic carbocycles. The number of nitrogens with zero attached hydrogens (tertiary/aromatic N) is 1. The molecule has 1 saturated carbocycles. The van der Waals surface area contributed by atoms with E-state index in [0.717, 1.165) is 13.1 Å². The van der Waals surface area contributed by atoms with Crippen molar-refractivity contribution < 1.29 is 0 Å². The number of thiophene rings is 1. The van der Waals surface area contributed by atoms with Crippen LogP contribution in [0.5, 0.6) is 0 Å². The summed E-state index contributed by atoms with van der Waals surface area (Å²) < 4.78 is 0. The molecule has 0 amide bonds. The third kappa shape index (κ3) is 2.84. The number of hydrogen-bond donors (Lipinski definition) is 1. The lowest BCUT2D eigenvalue weighted by Crippen LogP contribution is -2.56. The number of hydrogen-bond acceptors (Lipinski definition) is 3. The van der Waals surface area contributed by atoms with Crippen molar-refractivity contribution in [1.82, 2.24) is 4.90 Å². The molecule has 1 aliphatic rings. The maximum Gasteiger partial charge on any atom is 0.0331 e. The van der Waals surface area contributed by atoms with Gasteiger partial charge in [-0.15, -0.1) is 11.3 Å². The van der Waals surface area contributed by atoms with Gasteiger partial charge >= 0.3 is 0 Å². The highest BCUT2D eigenvalue weighted by Gasteiger charge is 2.34. The minimum Gasteiger partial charge on any atom is -0.324 e. The lowest BCUT2D eigenvalue weighted by atomic mass is 9.77. The molecule has 1 fully saturated rings. The monoisotopic (exact) mass is 238 g/mol. The zero-order valence-electron chi connectivity index (χ0n) is 10.3. The Kier molecular flexibility index (Phi) is 3.67. The largest absolute Gasteiger partial charge is 0.324 e. The van der Waals surface area contributed by atoms with E-state index in [9.17, 15) is 0 Å². The fourth-order valence-electron chi connectivity index (χ4n) is 2.22. The van der Waals surface area contributed by atoms with Crippen LogP contribution in [0, 0.1) is 0 Å². The van der Waals surface area contributed by atoms with E-state index in [1.54, 1.807) is 0 Å². The van der Waals surface area contributed by atoms with Gasteiger partial charge in [-0.2, -0.15) is 0 Å². The third-order valence-electron chi connectivity index (χ3n) is 3.54. The Morgan fingerprint density at radius 1 is 1.50 bits per heavy atom. The highest BCUT2D eigenvalue weighted by Crippen LogP contribution is 2.31. The summed E-state index contributed by atoms with van der Waals surface area (Å²) in [6, 6.07) is 4.91. The van der Waals surface area contributed by atoms with Crippen molar-refractivity contribution in [2.75, 3.05) is 6.54 Å². The van der Waals surface area contributed by atoms with Gasteiger partial charge in [0.1, 0.15) is 0 Å². The maximum absolute atomic E-state index is 6.33. The van der Waals surface area contributed by atoms with Crippen molar-refractivity contribution in [3.05, 3.63) is 22.4 Å². The second kappa shape index (κ2) is 4.86. The maximum atomic E-state index is 6.33. The fourth-order valence-corrected chi connectivity index (χ4v) is 2.95. The van der Waals surface area contributed by atoms with Crippen molar-refractivity contribution in [2.45, 2.75) is 51.2 Å². The fraction of sp³-hybridized carbons (Fsp3) is 0.692. The Balaban J connectivity index is 1.94. The summed E-state index contributed by atoms with van der Waals surface area (Å²) in [5.41, 5.74) is 6.43. The highest BCUT2D eigenvalue weighted by atomic mass is 32.1. The molecule has 3 heteroatoms. The summed E-state index contributed by atoms with van der Waals surface area (Å²) in [7, 11) is 0. The molecule has 0 bridgehead atoms. The molecule has 0 radical (unpaired) electrons. The standard InChI is InChI=1S/C13H22N2S/c1-11(2)15(9-12-5-3-8-16-12)10-13(14)6-4-7-13/h3,5,8,11H,4,6-7,9-10,14H2,1-2H3. The van der Waals surface area contributed by atoms with Crippen LogP contribution in [0.3, 0.4) is 0 Å². The van der Waals surface area contributed by atoms with Crippen LogP contribution in [-0.4, -0.2) is 23.0 Å². The van der Waals surface area contributed by atoms with Crippen molar-refractivity contribution >= 4 is 11.3 Å². The van der Waals surface area contributed by atoms with Gasteiger partial charge in [-0.25, -0.2) is 0 Å². The molecule has 1 heterocycles. The highest BCUT2D eigenvalue weighted by molar-refractivity contribution is 7.09. The van der Waals surface area contributed by atoms with Crippen LogP contribution < -0.4 is 5.73 Å². The molecular formula is C13H22N2S. The number of nitrogens with two attached hydrogens (primary N) is 1. The Bertz CT molecular complexity index is 315. The second-order valence-electron chi connectivity index (χ2n) is 5.29. The van der Waals surface area contributed by atoms with Gasteiger partial charge in [-0.1, -0.05) is 6.07 Å². The van der Waals surface area contributed by atoms with Gasteiger partial charge < -0.3 is 5.73 Å².